The lowest BCUT2D eigenvalue weighted by Crippen LogP contribution is -2.54. The molecule has 0 radical (unpaired) electrons. The predicted octanol–water partition coefficient (Wildman–Crippen LogP) is 1.57. The van der Waals surface area contributed by atoms with Gasteiger partial charge in [0.2, 0.25) is 17.7 Å². The number of ether oxygens (including phenoxy) is 2. The highest BCUT2D eigenvalue weighted by molar-refractivity contribution is 5.92. The van der Waals surface area contributed by atoms with Crippen LogP contribution in [0.25, 0.3) is 0 Å². The van der Waals surface area contributed by atoms with Gasteiger partial charge in [-0.25, -0.2) is 9.59 Å². The Morgan fingerprint density at radius 3 is 2.45 bits per heavy atom. The van der Waals surface area contributed by atoms with Gasteiger partial charge in [0.25, 0.3) is 0 Å². The van der Waals surface area contributed by atoms with E-state index in [4.69, 9.17) is 15.2 Å². The largest absolute Gasteiger partial charge is 0.445 e. The number of rotatable bonds is 12. The van der Waals surface area contributed by atoms with Crippen molar-refractivity contribution in [2.45, 2.75) is 77.2 Å². The number of hydrogen-bond acceptors (Lipinski definition) is 7. The maximum Gasteiger partial charge on any atom is 0.410 e. The van der Waals surface area contributed by atoms with E-state index in [1.165, 1.54) is 4.90 Å². The van der Waals surface area contributed by atoms with Gasteiger partial charge in [-0.15, -0.1) is 0 Å². The summed E-state index contributed by atoms with van der Waals surface area (Å²) in [5.74, 6) is -1.75. The van der Waals surface area contributed by atoms with Crippen molar-refractivity contribution in [1.29, 1.82) is 0 Å². The average Bonchev–Trinajstić information content (AvgIpc) is 3.35. The summed E-state index contributed by atoms with van der Waals surface area (Å²) >= 11 is 0. The molecule has 1 aromatic carbocycles. The van der Waals surface area contributed by atoms with Crippen molar-refractivity contribution in [1.82, 2.24) is 20.9 Å². The van der Waals surface area contributed by atoms with Gasteiger partial charge < -0.3 is 31.2 Å². The molecule has 2 rings (SSSR count). The molecule has 0 aliphatic carbocycles. The second kappa shape index (κ2) is 14.8. The first kappa shape index (κ1) is 30.4. The molecule has 1 aliphatic rings. The number of hydrogen-bond donors (Lipinski definition) is 4. The molecule has 12 heteroatoms. The molecule has 5 N–H and O–H groups in total. The molecule has 2 atom stereocenters. The number of amides is 5. The maximum absolute atomic E-state index is 13.0. The lowest BCUT2D eigenvalue weighted by atomic mass is 10.1. The lowest BCUT2D eigenvalue weighted by Gasteiger charge is -2.29. The van der Waals surface area contributed by atoms with Gasteiger partial charge in [0.1, 0.15) is 24.3 Å². The summed E-state index contributed by atoms with van der Waals surface area (Å²) in [6.45, 7) is 5.70. The van der Waals surface area contributed by atoms with E-state index in [1.54, 1.807) is 20.8 Å². The lowest BCUT2D eigenvalue weighted by molar-refractivity contribution is -0.132. The molecule has 5 amide bonds. The normalized spacial score (nSPS) is 15.8. The minimum absolute atomic E-state index is 0.155. The Morgan fingerprint density at radius 1 is 1.08 bits per heavy atom. The number of primary amides is 1. The Bertz CT molecular complexity index is 964. The zero-order valence-corrected chi connectivity index (χ0v) is 22.3. The molecule has 1 aromatic rings. The van der Waals surface area contributed by atoms with Crippen molar-refractivity contribution in [3.05, 3.63) is 35.9 Å². The number of benzene rings is 1. The van der Waals surface area contributed by atoms with Gasteiger partial charge in [0.05, 0.1) is 6.54 Å². The van der Waals surface area contributed by atoms with Gasteiger partial charge in [0.15, 0.2) is 0 Å². The molecule has 1 aliphatic heterocycles. The molecule has 0 unspecified atom stereocenters. The highest BCUT2D eigenvalue weighted by Gasteiger charge is 2.37. The second-order valence-electron chi connectivity index (χ2n) is 10.1. The molecular formula is C26H39N5O7. The van der Waals surface area contributed by atoms with Gasteiger partial charge in [-0.05, 0) is 58.4 Å². The van der Waals surface area contributed by atoms with Gasteiger partial charge in [0, 0.05) is 13.1 Å². The van der Waals surface area contributed by atoms with E-state index in [-0.39, 0.29) is 19.6 Å². The third-order valence-corrected chi connectivity index (χ3v) is 5.65. The fourth-order valence-electron chi connectivity index (χ4n) is 3.85. The molecule has 0 aromatic heterocycles. The molecule has 210 valence electrons. The van der Waals surface area contributed by atoms with Crippen molar-refractivity contribution < 1.29 is 33.4 Å². The predicted molar refractivity (Wildman–Crippen MR) is 139 cm³/mol. The van der Waals surface area contributed by atoms with Gasteiger partial charge in [-0.1, -0.05) is 30.3 Å². The minimum atomic E-state index is -0.951. The summed E-state index contributed by atoms with van der Waals surface area (Å²) in [5.41, 5.74) is 5.28. The summed E-state index contributed by atoms with van der Waals surface area (Å²) in [4.78, 5) is 62.6. The molecule has 0 bridgehead atoms. The average molecular weight is 534 g/mol. The first-order valence-corrected chi connectivity index (χ1v) is 12.8. The Kier molecular flexibility index (Phi) is 11.8. The number of carbonyl (C=O) groups excluding carboxylic acids is 5. The molecular weight excluding hydrogens is 494 g/mol. The standard InChI is InChI=1S/C26H39N5O7/c1-26(2,3)38-25(36)31-15-9-13-20(31)23(34)30-19(22(33)29-16-21(27)32)12-7-8-14-28-24(35)37-17-18-10-5-4-6-11-18/h4-6,10-11,19-20H,7-9,12-17H2,1-3H3,(H2,27,32)(H,28,35)(H,29,33)(H,30,34)/t19-,20-/m0/s1. The number of nitrogens with one attached hydrogen (secondary N) is 3. The Labute approximate surface area is 223 Å². The van der Waals surface area contributed by atoms with Crippen LogP contribution < -0.4 is 21.7 Å². The SMILES string of the molecule is CC(C)(C)OC(=O)N1CCC[C@H]1C(=O)N[C@@H](CCCCNC(=O)OCc1ccccc1)C(=O)NCC(N)=O. The zero-order valence-electron chi connectivity index (χ0n) is 22.3. The van der Waals surface area contributed by atoms with Crippen molar-refractivity contribution in [2.24, 2.45) is 5.73 Å². The van der Waals surface area contributed by atoms with Gasteiger partial charge in [-0.2, -0.15) is 0 Å². The van der Waals surface area contributed by atoms with Gasteiger partial charge in [-0.3, -0.25) is 19.3 Å². The van der Waals surface area contributed by atoms with E-state index in [0.717, 1.165) is 5.56 Å². The number of nitrogens with zero attached hydrogens (tertiary/aromatic N) is 1. The van der Waals surface area contributed by atoms with Crippen LogP contribution in [-0.4, -0.2) is 72.1 Å². The Morgan fingerprint density at radius 2 is 1.79 bits per heavy atom. The number of alkyl carbamates (subject to hydrolysis) is 1. The van der Waals surface area contributed by atoms with Crippen LogP contribution in [0.4, 0.5) is 9.59 Å². The van der Waals surface area contributed by atoms with Crippen LogP contribution in [0.1, 0.15) is 58.4 Å². The van der Waals surface area contributed by atoms with Gasteiger partial charge >= 0.3 is 12.2 Å². The molecule has 12 nitrogen and oxygen atoms in total. The topological polar surface area (TPSA) is 169 Å². The van der Waals surface area contributed by atoms with Crippen LogP contribution >= 0.6 is 0 Å². The Balaban J connectivity index is 1.85. The maximum atomic E-state index is 13.0. The third-order valence-electron chi connectivity index (χ3n) is 5.65. The number of carbonyl (C=O) groups is 5. The number of unbranched alkanes of at least 4 members (excludes halogenated alkanes) is 1. The summed E-state index contributed by atoms with van der Waals surface area (Å²) in [6.07, 6.45) is 1.17. The quantitative estimate of drug-likeness (QED) is 0.296. The third kappa shape index (κ3) is 11.1. The van der Waals surface area contributed by atoms with E-state index in [2.05, 4.69) is 16.0 Å². The summed E-state index contributed by atoms with van der Waals surface area (Å²) in [7, 11) is 0. The van der Waals surface area contributed by atoms with Crippen molar-refractivity contribution >= 4 is 29.9 Å². The summed E-state index contributed by atoms with van der Waals surface area (Å²) in [5, 5.41) is 7.77. The van der Waals surface area contributed by atoms with E-state index in [0.29, 0.717) is 38.8 Å². The molecule has 1 saturated heterocycles. The van der Waals surface area contributed by atoms with E-state index >= 15 is 0 Å². The number of likely N-dealkylation sites (tertiary alicyclic amines) is 1. The van der Waals surface area contributed by atoms with E-state index < -0.39 is 47.6 Å². The molecule has 1 heterocycles. The molecule has 0 saturated carbocycles. The summed E-state index contributed by atoms with van der Waals surface area (Å²) in [6, 6.07) is 7.57. The smallest absolute Gasteiger partial charge is 0.410 e. The molecule has 1 fully saturated rings. The van der Waals surface area contributed by atoms with Crippen LogP contribution in [0.3, 0.4) is 0 Å². The van der Waals surface area contributed by atoms with E-state index in [9.17, 15) is 24.0 Å². The second-order valence-corrected chi connectivity index (χ2v) is 10.1. The van der Waals surface area contributed by atoms with Crippen molar-refractivity contribution in [3.63, 3.8) is 0 Å². The monoisotopic (exact) mass is 533 g/mol. The Hall–Kier alpha value is -3.83. The summed E-state index contributed by atoms with van der Waals surface area (Å²) < 4.78 is 10.6. The fraction of sp³-hybridized carbons (Fsp3) is 0.577. The zero-order chi connectivity index (χ0) is 28.1. The van der Waals surface area contributed by atoms with Crippen LogP contribution in [0.5, 0.6) is 0 Å². The van der Waals surface area contributed by atoms with Crippen LogP contribution in [0, 0.1) is 0 Å². The van der Waals surface area contributed by atoms with E-state index in [1.807, 2.05) is 30.3 Å². The number of nitrogens with two attached hydrogens (primary N) is 1. The van der Waals surface area contributed by atoms with Crippen LogP contribution in [0.15, 0.2) is 30.3 Å². The van der Waals surface area contributed by atoms with Crippen LogP contribution in [-0.2, 0) is 30.5 Å². The minimum Gasteiger partial charge on any atom is -0.445 e. The molecule has 38 heavy (non-hydrogen) atoms. The highest BCUT2D eigenvalue weighted by Crippen LogP contribution is 2.21. The first-order chi connectivity index (χ1) is 18.0. The first-order valence-electron chi connectivity index (χ1n) is 12.8. The fourth-order valence-corrected chi connectivity index (χ4v) is 3.85. The van der Waals surface area contributed by atoms with Crippen molar-refractivity contribution in [2.75, 3.05) is 19.6 Å². The van der Waals surface area contributed by atoms with Crippen molar-refractivity contribution in [3.8, 4) is 0 Å². The molecule has 0 spiro atoms. The highest BCUT2D eigenvalue weighted by atomic mass is 16.6. The van der Waals surface area contributed by atoms with Crippen LogP contribution in [0.2, 0.25) is 0 Å².